The van der Waals surface area contributed by atoms with Gasteiger partial charge in [0, 0.05) is 29.7 Å². The van der Waals surface area contributed by atoms with E-state index in [0.717, 1.165) is 4.31 Å². The summed E-state index contributed by atoms with van der Waals surface area (Å²) in [4.78, 5) is 12.1. The van der Waals surface area contributed by atoms with Crippen LogP contribution in [0.3, 0.4) is 0 Å². The van der Waals surface area contributed by atoms with Crippen molar-refractivity contribution in [2.75, 3.05) is 27.8 Å². The Labute approximate surface area is 174 Å². The molecule has 2 aromatic carbocycles. The van der Waals surface area contributed by atoms with E-state index in [9.17, 15) is 13.2 Å². The fourth-order valence-electron chi connectivity index (χ4n) is 2.36. The molecule has 0 heterocycles. The Hall–Kier alpha value is -2.00. The van der Waals surface area contributed by atoms with E-state index in [1.54, 1.807) is 24.3 Å². The molecule has 0 bridgehead atoms. The Morgan fingerprint density at radius 1 is 1.11 bits per heavy atom. The average Bonchev–Trinajstić information content (AvgIpc) is 2.66. The van der Waals surface area contributed by atoms with Crippen molar-refractivity contribution in [1.82, 2.24) is 9.62 Å². The molecular weight excluding hydrogens is 427 g/mol. The van der Waals surface area contributed by atoms with E-state index in [-0.39, 0.29) is 23.7 Å². The molecule has 1 amide bonds. The molecule has 0 spiro atoms. The van der Waals surface area contributed by atoms with Gasteiger partial charge in [-0.3, -0.25) is 4.79 Å². The van der Waals surface area contributed by atoms with E-state index in [0.29, 0.717) is 21.4 Å². The number of nitrogens with one attached hydrogen (secondary N) is 1. The summed E-state index contributed by atoms with van der Waals surface area (Å²) in [7, 11) is 0.119. The number of halogens is 2. The Bertz CT molecular complexity index is 966. The highest BCUT2D eigenvalue weighted by atomic mass is 35.5. The third kappa shape index (κ3) is 5.29. The van der Waals surface area contributed by atoms with Crippen LogP contribution in [0.15, 0.2) is 41.3 Å². The SMILES string of the molecule is COc1ccc(OC)c(S(=O)(=O)N(C)CC(=O)NCc2ccc(Cl)cc2Cl)c1. The van der Waals surface area contributed by atoms with Gasteiger partial charge in [-0.1, -0.05) is 29.3 Å². The van der Waals surface area contributed by atoms with Crippen LogP contribution in [0.25, 0.3) is 0 Å². The number of methoxy groups -OCH3 is 2. The predicted molar refractivity (Wildman–Crippen MR) is 108 cm³/mol. The van der Waals surface area contributed by atoms with Gasteiger partial charge in [-0.05, 0) is 29.8 Å². The molecule has 10 heteroatoms. The number of sulfonamides is 1. The Balaban J connectivity index is 2.10. The molecular formula is C18H20Cl2N2O5S. The number of nitrogens with zero attached hydrogens (tertiary/aromatic N) is 1. The molecule has 28 heavy (non-hydrogen) atoms. The lowest BCUT2D eigenvalue weighted by Gasteiger charge is -2.19. The van der Waals surface area contributed by atoms with Crippen LogP contribution in [0.4, 0.5) is 0 Å². The molecule has 0 aliphatic carbocycles. The van der Waals surface area contributed by atoms with Gasteiger partial charge in [0.2, 0.25) is 15.9 Å². The number of benzene rings is 2. The molecule has 2 aromatic rings. The lowest BCUT2D eigenvalue weighted by Crippen LogP contribution is -2.38. The van der Waals surface area contributed by atoms with Crippen LogP contribution in [0.5, 0.6) is 11.5 Å². The molecule has 0 radical (unpaired) electrons. The standard InChI is InChI=1S/C18H20Cl2N2O5S/c1-22(11-18(23)21-10-12-4-5-13(19)8-15(12)20)28(24,25)17-9-14(26-2)6-7-16(17)27-3/h4-9H,10-11H2,1-3H3,(H,21,23). The molecule has 0 atom stereocenters. The second kappa shape index (κ2) is 9.47. The van der Waals surface area contributed by atoms with E-state index in [1.165, 1.54) is 33.4 Å². The summed E-state index contributed by atoms with van der Waals surface area (Å²) in [6, 6.07) is 9.32. The second-order valence-electron chi connectivity index (χ2n) is 5.79. The number of likely N-dealkylation sites (N-methyl/N-ethyl adjacent to an activating group) is 1. The highest BCUT2D eigenvalue weighted by Gasteiger charge is 2.27. The van der Waals surface area contributed by atoms with E-state index >= 15 is 0 Å². The first-order valence-electron chi connectivity index (χ1n) is 8.08. The van der Waals surface area contributed by atoms with Crippen molar-refractivity contribution in [3.8, 4) is 11.5 Å². The van der Waals surface area contributed by atoms with E-state index in [1.807, 2.05) is 0 Å². The van der Waals surface area contributed by atoms with Gasteiger partial charge in [0.1, 0.15) is 16.4 Å². The molecule has 7 nitrogen and oxygen atoms in total. The maximum absolute atomic E-state index is 12.9. The predicted octanol–water partition coefficient (Wildman–Crippen LogP) is 2.95. The minimum atomic E-state index is -3.98. The number of carbonyl (C=O) groups excluding carboxylic acids is 1. The van der Waals surface area contributed by atoms with Crippen molar-refractivity contribution >= 4 is 39.1 Å². The number of hydrogen-bond donors (Lipinski definition) is 1. The van der Waals surface area contributed by atoms with Crippen LogP contribution in [0.2, 0.25) is 10.0 Å². The maximum Gasteiger partial charge on any atom is 0.247 e. The number of carbonyl (C=O) groups is 1. The van der Waals surface area contributed by atoms with E-state index in [2.05, 4.69) is 5.32 Å². The largest absolute Gasteiger partial charge is 0.497 e. The highest BCUT2D eigenvalue weighted by molar-refractivity contribution is 7.89. The van der Waals surface area contributed by atoms with Crippen LogP contribution in [0, 0.1) is 0 Å². The molecule has 0 unspecified atom stereocenters. The van der Waals surface area contributed by atoms with Gasteiger partial charge in [-0.2, -0.15) is 4.31 Å². The minimum absolute atomic E-state index is 0.0922. The number of amides is 1. The third-order valence-corrected chi connectivity index (χ3v) is 6.33. The summed E-state index contributed by atoms with van der Waals surface area (Å²) in [5.74, 6) is 0.0227. The molecule has 152 valence electrons. The quantitative estimate of drug-likeness (QED) is 0.673. The summed E-state index contributed by atoms with van der Waals surface area (Å²) in [5.41, 5.74) is 0.666. The smallest absolute Gasteiger partial charge is 0.247 e. The third-order valence-electron chi connectivity index (χ3n) is 3.92. The summed E-state index contributed by atoms with van der Waals surface area (Å²) in [6.45, 7) is -0.237. The van der Waals surface area contributed by atoms with Gasteiger partial charge in [0.15, 0.2) is 0 Å². The van der Waals surface area contributed by atoms with Crippen molar-refractivity contribution in [3.05, 3.63) is 52.0 Å². The molecule has 0 aliphatic heterocycles. The summed E-state index contributed by atoms with van der Waals surface area (Å²) < 4.78 is 36.9. The first-order valence-corrected chi connectivity index (χ1v) is 10.3. The van der Waals surface area contributed by atoms with Crippen LogP contribution in [-0.4, -0.2) is 46.4 Å². The summed E-state index contributed by atoms with van der Waals surface area (Å²) in [6.07, 6.45) is 0. The first kappa shape index (κ1) is 22.3. The zero-order chi connectivity index (χ0) is 20.9. The van der Waals surface area contributed by atoms with Crippen molar-refractivity contribution in [2.24, 2.45) is 0 Å². The topological polar surface area (TPSA) is 84.9 Å². The van der Waals surface area contributed by atoms with Crippen LogP contribution < -0.4 is 14.8 Å². The fraction of sp³-hybridized carbons (Fsp3) is 0.278. The fourth-order valence-corrected chi connectivity index (χ4v) is 4.12. The van der Waals surface area contributed by atoms with E-state index in [4.69, 9.17) is 32.7 Å². The molecule has 0 fully saturated rings. The van der Waals surface area contributed by atoms with Gasteiger partial charge in [0.25, 0.3) is 0 Å². The normalized spacial score (nSPS) is 11.4. The van der Waals surface area contributed by atoms with Gasteiger partial charge < -0.3 is 14.8 Å². The first-order chi connectivity index (χ1) is 13.2. The molecule has 0 aromatic heterocycles. The zero-order valence-electron chi connectivity index (χ0n) is 15.5. The van der Waals surface area contributed by atoms with Crippen LogP contribution >= 0.6 is 23.2 Å². The molecule has 0 aliphatic rings. The molecule has 1 N–H and O–H groups in total. The minimum Gasteiger partial charge on any atom is -0.497 e. The lowest BCUT2D eigenvalue weighted by molar-refractivity contribution is -0.121. The van der Waals surface area contributed by atoms with Gasteiger partial charge in [-0.25, -0.2) is 8.42 Å². The molecule has 2 rings (SSSR count). The highest BCUT2D eigenvalue weighted by Crippen LogP contribution is 2.30. The zero-order valence-corrected chi connectivity index (χ0v) is 17.9. The Morgan fingerprint density at radius 2 is 1.82 bits per heavy atom. The Kier molecular flexibility index (Phi) is 7.54. The second-order valence-corrected chi connectivity index (χ2v) is 8.65. The van der Waals surface area contributed by atoms with Crippen molar-refractivity contribution < 1.29 is 22.7 Å². The Morgan fingerprint density at radius 3 is 2.43 bits per heavy atom. The van der Waals surface area contributed by atoms with E-state index < -0.39 is 15.9 Å². The lowest BCUT2D eigenvalue weighted by atomic mass is 10.2. The van der Waals surface area contributed by atoms with Crippen LogP contribution in [0.1, 0.15) is 5.56 Å². The number of ether oxygens (including phenoxy) is 2. The van der Waals surface area contributed by atoms with Crippen molar-refractivity contribution in [1.29, 1.82) is 0 Å². The van der Waals surface area contributed by atoms with Crippen molar-refractivity contribution in [3.63, 3.8) is 0 Å². The van der Waals surface area contributed by atoms with Crippen molar-refractivity contribution in [2.45, 2.75) is 11.4 Å². The number of hydrogen-bond acceptors (Lipinski definition) is 5. The summed E-state index contributed by atoms with van der Waals surface area (Å²) in [5, 5.41) is 3.53. The van der Waals surface area contributed by atoms with Gasteiger partial charge in [0.05, 0.1) is 20.8 Å². The molecule has 0 saturated carbocycles. The van der Waals surface area contributed by atoms with Gasteiger partial charge in [-0.15, -0.1) is 0 Å². The van der Waals surface area contributed by atoms with Crippen LogP contribution in [-0.2, 0) is 21.4 Å². The average molecular weight is 447 g/mol. The molecule has 0 saturated heterocycles. The number of rotatable bonds is 8. The summed E-state index contributed by atoms with van der Waals surface area (Å²) >= 11 is 11.9. The maximum atomic E-state index is 12.9. The monoisotopic (exact) mass is 446 g/mol. The van der Waals surface area contributed by atoms with Gasteiger partial charge >= 0.3 is 0 Å².